The standard InChI is InChI=1S/C11H23NOS/c1-10(7-12)8-14-9-11(13)5-3-2-4-6-11/h10,13H,2-9,12H2,1H3. The maximum absolute atomic E-state index is 10.2. The van der Waals surface area contributed by atoms with Crippen LogP contribution in [0.4, 0.5) is 0 Å². The van der Waals surface area contributed by atoms with Gasteiger partial charge in [-0.3, -0.25) is 0 Å². The molecule has 1 aliphatic rings. The van der Waals surface area contributed by atoms with Gasteiger partial charge in [0, 0.05) is 5.75 Å². The van der Waals surface area contributed by atoms with Crippen LogP contribution in [-0.4, -0.2) is 28.8 Å². The molecule has 3 N–H and O–H groups in total. The molecule has 0 aromatic heterocycles. The summed E-state index contributed by atoms with van der Waals surface area (Å²) < 4.78 is 0. The summed E-state index contributed by atoms with van der Waals surface area (Å²) in [5, 5.41) is 10.2. The third-order valence-corrected chi connectivity index (χ3v) is 4.51. The first-order valence-corrected chi connectivity index (χ1v) is 6.82. The van der Waals surface area contributed by atoms with Crippen molar-refractivity contribution < 1.29 is 5.11 Å². The fourth-order valence-electron chi connectivity index (χ4n) is 1.87. The van der Waals surface area contributed by atoms with E-state index in [0.29, 0.717) is 5.92 Å². The normalized spacial score (nSPS) is 23.4. The summed E-state index contributed by atoms with van der Waals surface area (Å²) in [5.41, 5.74) is 5.18. The Morgan fingerprint density at radius 1 is 1.36 bits per heavy atom. The van der Waals surface area contributed by atoms with E-state index in [1.807, 2.05) is 11.8 Å². The fourth-order valence-corrected chi connectivity index (χ4v) is 3.20. The van der Waals surface area contributed by atoms with Gasteiger partial charge in [-0.25, -0.2) is 0 Å². The van der Waals surface area contributed by atoms with Gasteiger partial charge in [-0.05, 0) is 31.1 Å². The van der Waals surface area contributed by atoms with E-state index < -0.39 is 0 Å². The van der Waals surface area contributed by atoms with Crippen LogP contribution in [0.1, 0.15) is 39.0 Å². The Labute approximate surface area is 91.6 Å². The average molecular weight is 217 g/mol. The Balaban J connectivity index is 2.15. The van der Waals surface area contributed by atoms with E-state index in [9.17, 15) is 5.11 Å². The van der Waals surface area contributed by atoms with E-state index >= 15 is 0 Å². The van der Waals surface area contributed by atoms with Crippen LogP contribution in [0.5, 0.6) is 0 Å². The van der Waals surface area contributed by atoms with Gasteiger partial charge < -0.3 is 10.8 Å². The molecule has 2 nitrogen and oxygen atoms in total. The van der Waals surface area contributed by atoms with Crippen LogP contribution in [0.3, 0.4) is 0 Å². The van der Waals surface area contributed by atoms with E-state index in [-0.39, 0.29) is 5.60 Å². The molecular formula is C11H23NOS. The first-order valence-electron chi connectivity index (χ1n) is 5.66. The SMILES string of the molecule is CC(CN)CSCC1(O)CCCCC1. The molecule has 0 aromatic carbocycles. The fraction of sp³-hybridized carbons (Fsp3) is 1.00. The Kier molecular flexibility index (Phi) is 5.28. The van der Waals surface area contributed by atoms with E-state index in [2.05, 4.69) is 6.92 Å². The molecule has 1 fully saturated rings. The Hall–Kier alpha value is 0.270. The molecule has 14 heavy (non-hydrogen) atoms. The number of nitrogens with two attached hydrogens (primary N) is 1. The van der Waals surface area contributed by atoms with Crippen LogP contribution in [-0.2, 0) is 0 Å². The minimum Gasteiger partial charge on any atom is -0.389 e. The van der Waals surface area contributed by atoms with Crippen molar-refractivity contribution in [1.82, 2.24) is 0 Å². The molecule has 1 rings (SSSR count). The molecule has 0 saturated heterocycles. The van der Waals surface area contributed by atoms with Crippen LogP contribution in [0.2, 0.25) is 0 Å². The molecule has 0 spiro atoms. The van der Waals surface area contributed by atoms with Gasteiger partial charge in [0.25, 0.3) is 0 Å². The molecule has 1 aliphatic carbocycles. The lowest BCUT2D eigenvalue weighted by molar-refractivity contribution is 0.0273. The topological polar surface area (TPSA) is 46.2 Å². The van der Waals surface area contributed by atoms with Crippen molar-refractivity contribution in [3.05, 3.63) is 0 Å². The van der Waals surface area contributed by atoms with Gasteiger partial charge in [0.1, 0.15) is 0 Å². The minimum absolute atomic E-state index is 0.364. The second-order valence-corrected chi connectivity index (χ2v) is 5.67. The van der Waals surface area contributed by atoms with Crippen LogP contribution in [0, 0.1) is 5.92 Å². The molecule has 1 saturated carbocycles. The summed E-state index contributed by atoms with van der Waals surface area (Å²) in [7, 11) is 0. The molecule has 0 aliphatic heterocycles. The summed E-state index contributed by atoms with van der Waals surface area (Å²) in [6.07, 6.45) is 5.69. The summed E-state index contributed by atoms with van der Waals surface area (Å²) in [4.78, 5) is 0. The first-order chi connectivity index (χ1) is 6.66. The van der Waals surface area contributed by atoms with Gasteiger partial charge in [0.15, 0.2) is 0 Å². The quantitative estimate of drug-likeness (QED) is 0.740. The summed E-state index contributed by atoms with van der Waals surface area (Å²) in [6.45, 7) is 2.92. The maximum Gasteiger partial charge on any atom is 0.0737 e. The smallest absolute Gasteiger partial charge is 0.0737 e. The van der Waals surface area contributed by atoms with E-state index in [1.54, 1.807) is 0 Å². The number of hydrogen-bond donors (Lipinski definition) is 2. The van der Waals surface area contributed by atoms with E-state index in [4.69, 9.17) is 5.73 Å². The van der Waals surface area contributed by atoms with Crippen molar-refractivity contribution in [2.45, 2.75) is 44.6 Å². The average Bonchev–Trinajstić information content (AvgIpc) is 2.18. The Morgan fingerprint density at radius 2 is 2.00 bits per heavy atom. The molecule has 1 unspecified atom stereocenters. The van der Waals surface area contributed by atoms with Gasteiger partial charge in [-0.15, -0.1) is 0 Å². The number of aliphatic hydroxyl groups is 1. The lowest BCUT2D eigenvalue weighted by Gasteiger charge is -2.31. The van der Waals surface area contributed by atoms with E-state index in [1.165, 1.54) is 19.3 Å². The van der Waals surface area contributed by atoms with Gasteiger partial charge in [-0.2, -0.15) is 11.8 Å². The highest BCUT2D eigenvalue weighted by Gasteiger charge is 2.28. The van der Waals surface area contributed by atoms with Crippen molar-refractivity contribution in [3.63, 3.8) is 0 Å². The van der Waals surface area contributed by atoms with Crippen molar-refractivity contribution in [3.8, 4) is 0 Å². The van der Waals surface area contributed by atoms with Crippen molar-refractivity contribution >= 4 is 11.8 Å². The summed E-state index contributed by atoms with van der Waals surface area (Å²) >= 11 is 1.86. The van der Waals surface area contributed by atoms with Crippen LogP contribution < -0.4 is 5.73 Å². The molecule has 3 heteroatoms. The number of hydrogen-bond acceptors (Lipinski definition) is 3. The minimum atomic E-state index is -0.364. The second-order valence-electron chi connectivity index (χ2n) is 4.64. The zero-order chi connectivity index (χ0) is 10.4. The molecule has 0 amide bonds. The third-order valence-electron chi connectivity index (χ3n) is 2.96. The van der Waals surface area contributed by atoms with Crippen molar-refractivity contribution in [2.75, 3.05) is 18.1 Å². The number of rotatable bonds is 5. The third kappa shape index (κ3) is 4.20. The van der Waals surface area contributed by atoms with Gasteiger partial charge in [0.2, 0.25) is 0 Å². The van der Waals surface area contributed by atoms with Gasteiger partial charge >= 0.3 is 0 Å². The Morgan fingerprint density at radius 3 is 2.57 bits per heavy atom. The van der Waals surface area contributed by atoms with Crippen LogP contribution in [0.15, 0.2) is 0 Å². The highest BCUT2D eigenvalue weighted by molar-refractivity contribution is 7.99. The zero-order valence-electron chi connectivity index (χ0n) is 9.17. The largest absolute Gasteiger partial charge is 0.389 e. The van der Waals surface area contributed by atoms with E-state index in [0.717, 1.165) is 30.9 Å². The lowest BCUT2D eigenvalue weighted by atomic mass is 9.86. The van der Waals surface area contributed by atoms with Crippen molar-refractivity contribution in [1.29, 1.82) is 0 Å². The molecular weight excluding hydrogens is 194 g/mol. The molecule has 1 atom stereocenters. The van der Waals surface area contributed by atoms with Crippen LogP contribution in [0.25, 0.3) is 0 Å². The first kappa shape index (κ1) is 12.3. The maximum atomic E-state index is 10.2. The van der Waals surface area contributed by atoms with Gasteiger partial charge in [0.05, 0.1) is 5.60 Å². The second kappa shape index (κ2) is 5.99. The predicted molar refractivity (Wildman–Crippen MR) is 63.6 cm³/mol. The monoisotopic (exact) mass is 217 g/mol. The molecule has 0 aromatic rings. The summed E-state index contributed by atoms with van der Waals surface area (Å²) in [6, 6.07) is 0. The molecule has 0 heterocycles. The van der Waals surface area contributed by atoms with Crippen molar-refractivity contribution in [2.24, 2.45) is 11.7 Å². The highest BCUT2D eigenvalue weighted by atomic mass is 32.2. The molecule has 84 valence electrons. The molecule has 0 bridgehead atoms. The highest BCUT2D eigenvalue weighted by Crippen LogP contribution is 2.31. The number of thioether (sulfide) groups is 1. The lowest BCUT2D eigenvalue weighted by Crippen LogP contribution is -2.34. The predicted octanol–water partition coefficient (Wildman–Crippen LogP) is 2.01. The molecule has 0 radical (unpaired) electrons. The van der Waals surface area contributed by atoms with Crippen LogP contribution >= 0.6 is 11.8 Å². The Bertz CT molecular complexity index is 157. The zero-order valence-corrected chi connectivity index (χ0v) is 9.98. The summed E-state index contributed by atoms with van der Waals surface area (Å²) in [5.74, 6) is 2.56. The van der Waals surface area contributed by atoms with Gasteiger partial charge in [-0.1, -0.05) is 26.2 Å².